The number of unbranched alkanes of at least 4 members (excludes halogenated alkanes) is 15. The Balaban J connectivity index is 1.70. The highest BCUT2D eigenvalue weighted by molar-refractivity contribution is 4.98. The first-order valence-electron chi connectivity index (χ1n) is 12.1. The lowest BCUT2D eigenvalue weighted by Gasteiger charge is -2.21. The van der Waals surface area contributed by atoms with E-state index in [-0.39, 0.29) is 6.29 Å². The smallest absolute Gasteiger partial charge is 0.158 e. The van der Waals surface area contributed by atoms with E-state index in [2.05, 4.69) is 18.8 Å². The molecular weight excluding hydrogens is 332 g/mol. The van der Waals surface area contributed by atoms with Crippen molar-refractivity contribution in [3.8, 4) is 11.8 Å². The van der Waals surface area contributed by atoms with Crippen LogP contribution in [0.25, 0.3) is 0 Å². The molecule has 0 bridgehead atoms. The summed E-state index contributed by atoms with van der Waals surface area (Å²) in [7, 11) is 0. The molecular formula is C25H46O2. The van der Waals surface area contributed by atoms with E-state index in [9.17, 15) is 0 Å². The summed E-state index contributed by atoms with van der Waals surface area (Å²) < 4.78 is 11.1. The quantitative estimate of drug-likeness (QED) is 0.190. The molecule has 1 aliphatic heterocycles. The number of hydrogen-bond donors (Lipinski definition) is 0. The molecule has 0 amide bonds. The highest BCUT2D eigenvalue weighted by atomic mass is 16.7. The zero-order valence-electron chi connectivity index (χ0n) is 18.2. The largest absolute Gasteiger partial charge is 0.353 e. The van der Waals surface area contributed by atoms with Crippen LogP contribution >= 0.6 is 0 Å². The van der Waals surface area contributed by atoms with E-state index in [4.69, 9.17) is 9.47 Å². The highest BCUT2D eigenvalue weighted by Crippen LogP contribution is 2.14. The lowest BCUT2D eigenvalue weighted by Crippen LogP contribution is -2.22. The van der Waals surface area contributed by atoms with Crippen molar-refractivity contribution < 1.29 is 9.47 Å². The van der Waals surface area contributed by atoms with Gasteiger partial charge in [0.05, 0.1) is 0 Å². The molecule has 1 rings (SSSR count). The summed E-state index contributed by atoms with van der Waals surface area (Å²) >= 11 is 0. The van der Waals surface area contributed by atoms with Crippen LogP contribution in [-0.2, 0) is 9.47 Å². The summed E-state index contributed by atoms with van der Waals surface area (Å²) in [5.74, 6) is 6.37. The fourth-order valence-corrected chi connectivity index (χ4v) is 3.70. The summed E-state index contributed by atoms with van der Waals surface area (Å²) in [5.41, 5.74) is 0. The second kappa shape index (κ2) is 20.2. The number of ether oxygens (including phenoxy) is 2. The molecule has 1 fully saturated rings. The molecule has 0 aromatic carbocycles. The van der Waals surface area contributed by atoms with Crippen LogP contribution in [0.15, 0.2) is 0 Å². The maximum absolute atomic E-state index is 5.62. The Morgan fingerprint density at radius 1 is 0.704 bits per heavy atom. The van der Waals surface area contributed by atoms with Crippen molar-refractivity contribution in [1.29, 1.82) is 0 Å². The number of rotatable bonds is 17. The standard InChI is InChI=1S/C25H46O2/c1-2-3-4-5-6-7-8-9-10-11-12-13-14-15-16-17-18-20-23-26-25-22-19-21-24-27-25/h25H,2-17,19,21-24H2,1H3. The molecule has 0 aromatic rings. The van der Waals surface area contributed by atoms with Gasteiger partial charge in [-0.15, -0.1) is 5.92 Å². The lowest BCUT2D eigenvalue weighted by molar-refractivity contribution is -0.154. The molecule has 1 aliphatic rings. The molecule has 1 unspecified atom stereocenters. The van der Waals surface area contributed by atoms with Crippen LogP contribution in [0.2, 0.25) is 0 Å². The van der Waals surface area contributed by atoms with Crippen molar-refractivity contribution in [2.24, 2.45) is 0 Å². The third-order valence-corrected chi connectivity index (χ3v) is 5.51. The van der Waals surface area contributed by atoms with Crippen molar-refractivity contribution >= 4 is 0 Å². The van der Waals surface area contributed by atoms with Gasteiger partial charge in [-0.25, -0.2) is 0 Å². The molecule has 0 aromatic heterocycles. The molecule has 1 saturated heterocycles. The Morgan fingerprint density at radius 3 is 1.78 bits per heavy atom. The molecule has 0 saturated carbocycles. The van der Waals surface area contributed by atoms with E-state index >= 15 is 0 Å². The van der Waals surface area contributed by atoms with E-state index in [0.717, 1.165) is 19.4 Å². The SMILES string of the molecule is CCCCCCCCCCCCCCCCCC#CCOC1CCCCO1. The summed E-state index contributed by atoms with van der Waals surface area (Å²) in [6, 6.07) is 0. The summed E-state index contributed by atoms with van der Waals surface area (Å²) in [4.78, 5) is 0. The van der Waals surface area contributed by atoms with Crippen LogP contribution in [0.5, 0.6) is 0 Å². The van der Waals surface area contributed by atoms with Gasteiger partial charge in [0.15, 0.2) is 6.29 Å². The van der Waals surface area contributed by atoms with Gasteiger partial charge in [0.2, 0.25) is 0 Å². The van der Waals surface area contributed by atoms with Crippen LogP contribution in [0.3, 0.4) is 0 Å². The Bertz CT molecular complexity index is 349. The van der Waals surface area contributed by atoms with Crippen LogP contribution in [-0.4, -0.2) is 19.5 Å². The van der Waals surface area contributed by atoms with E-state index in [1.807, 2.05) is 0 Å². The minimum absolute atomic E-state index is 0.00107. The van der Waals surface area contributed by atoms with E-state index in [1.165, 1.54) is 109 Å². The van der Waals surface area contributed by atoms with Gasteiger partial charge >= 0.3 is 0 Å². The summed E-state index contributed by atoms with van der Waals surface area (Å²) in [6.45, 7) is 3.67. The maximum Gasteiger partial charge on any atom is 0.158 e. The highest BCUT2D eigenvalue weighted by Gasteiger charge is 2.12. The first-order chi connectivity index (χ1) is 13.4. The zero-order valence-corrected chi connectivity index (χ0v) is 18.2. The molecule has 158 valence electrons. The monoisotopic (exact) mass is 378 g/mol. The van der Waals surface area contributed by atoms with Gasteiger partial charge in [-0.3, -0.25) is 0 Å². The fourth-order valence-electron chi connectivity index (χ4n) is 3.70. The predicted molar refractivity (Wildman–Crippen MR) is 117 cm³/mol. The minimum atomic E-state index is -0.00107. The maximum atomic E-state index is 5.62. The van der Waals surface area contributed by atoms with Gasteiger partial charge in [0.25, 0.3) is 0 Å². The van der Waals surface area contributed by atoms with E-state index in [0.29, 0.717) is 6.61 Å². The van der Waals surface area contributed by atoms with Gasteiger partial charge in [-0.05, 0) is 25.7 Å². The average molecular weight is 379 g/mol. The second-order valence-corrected chi connectivity index (χ2v) is 8.16. The fraction of sp³-hybridized carbons (Fsp3) is 0.920. The number of hydrogen-bond acceptors (Lipinski definition) is 2. The van der Waals surface area contributed by atoms with Crippen LogP contribution < -0.4 is 0 Å². The zero-order chi connectivity index (χ0) is 19.3. The molecule has 0 radical (unpaired) electrons. The molecule has 0 N–H and O–H groups in total. The van der Waals surface area contributed by atoms with Crippen molar-refractivity contribution in [1.82, 2.24) is 0 Å². The van der Waals surface area contributed by atoms with Gasteiger partial charge in [-0.2, -0.15) is 0 Å². The molecule has 0 spiro atoms. The topological polar surface area (TPSA) is 18.5 Å². The molecule has 1 heterocycles. The van der Waals surface area contributed by atoms with Crippen molar-refractivity contribution in [2.45, 2.75) is 135 Å². The predicted octanol–water partition coefficient (Wildman–Crippen LogP) is 7.79. The first-order valence-corrected chi connectivity index (χ1v) is 12.1. The van der Waals surface area contributed by atoms with E-state index < -0.39 is 0 Å². The summed E-state index contributed by atoms with van der Waals surface area (Å²) in [5, 5.41) is 0. The average Bonchev–Trinajstić information content (AvgIpc) is 2.70. The van der Waals surface area contributed by atoms with Crippen molar-refractivity contribution in [3.05, 3.63) is 0 Å². The first kappa shape index (κ1) is 24.5. The molecule has 27 heavy (non-hydrogen) atoms. The van der Waals surface area contributed by atoms with Gasteiger partial charge < -0.3 is 9.47 Å². The Labute approximate surface area is 170 Å². The molecule has 0 aliphatic carbocycles. The normalized spacial score (nSPS) is 16.9. The molecule has 1 atom stereocenters. The van der Waals surface area contributed by atoms with E-state index in [1.54, 1.807) is 0 Å². The van der Waals surface area contributed by atoms with Crippen molar-refractivity contribution in [3.63, 3.8) is 0 Å². The lowest BCUT2D eigenvalue weighted by atomic mass is 10.0. The third kappa shape index (κ3) is 17.3. The third-order valence-electron chi connectivity index (χ3n) is 5.51. The van der Waals surface area contributed by atoms with Gasteiger partial charge in [-0.1, -0.05) is 103 Å². The second-order valence-electron chi connectivity index (χ2n) is 8.16. The Kier molecular flexibility index (Phi) is 18.4. The molecule has 2 nitrogen and oxygen atoms in total. The van der Waals surface area contributed by atoms with Gasteiger partial charge in [0.1, 0.15) is 6.61 Å². The van der Waals surface area contributed by atoms with Crippen molar-refractivity contribution in [2.75, 3.05) is 13.2 Å². The minimum Gasteiger partial charge on any atom is -0.353 e. The summed E-state index contributed by atoms with van der Waals surface area (Å²) in [6.07, 6.45) is 25.7. The van der Waals surface area contributed by atoms with Crippen LogP contribution in [0.4, 0.5) is 0 Å². The van der Waals surface area contributed by atoms with Gasteiger partial charge in [0, 0.05) is 13.0 Å². The molecule has 2 heteroatoms. The van der Waals surface area contributed by atoms with Crippen LogP contribution in [0.1, 0.15) is 129 Å². The Hall–Kier alpha value is -0.520. The Morgan fingerprint density at radius 2 is 1.26 bits per heavy atom. The van der Waals surface area contributed by atoms with Crippen LogP contribution in [0, 0.1) is 11.8 Å².